The minimum Gasteiger partial charge on any atom is -0.381 e. The van der Waals surface area contributed by atoms with E-state index in [0.717, 1.165) is 15.9 Å². The van der Waals surface area contributed by atoms with Crippen LogP contribution in [0.5, 0.6) is 0 Å². The van der Waals surface area contributed by atoms with Crippen molar-refractivity contribution in [2.24, 2.45) is 0 Å². The van der Waals surface area contributed by atoms with Crippen LogP contribution < -0.4 is 5.73 Å². The summed E-state index contributed by atoms with van der Waals surface area (Å²) < 4.78 is 2.42. The molecule has 2 rings (SSSR count). The standard InChI is InChI=1S/C9H9BrN4/c1-6-2-3-8(12-4-6)14-5-7(10)9(11)13-14/h2-5H,1H3,(H2,11,13). The third-order valence-corrected chi connectivity index (χ3v) is 2.44. The maximum Gasteiger partial charge on any atom is 0.160 e. The Morgan fingerprint density at radius 1 is 1.43 bits per heavy atom. The molecule has 2 aromatic rings. The van der Waals surface area contributed by atoms with Crippen LogP contribution in [0.25, 0.3) is 5.82 Å². The molecular formula is C9H9BrN4. The van der Waals surface area contributed by atoms with Gasteiger partial charge < -0.3 is 5.73 Å². The van der Waals surface area contributed by atoms with E-state index in [4.69, 9.17) is 5.73 Å². The van der Waals surface area contributed by atoms with Gasteiger partial charge in [-0.2, -0.15) is 0 Å². The molecule has 0 unspecified atom stereocenters. The minimum atomic E-state index is 0.465. The van der Waals surface area contributed by atoms with Crippen molar-refractivity contribution in [2.45, 2.75) is 6.92 Å². The number of rotatable bonds is 1. The topological polar surface area (TPSA) is 56.7 Å². The first kappa shape index (κ1) is 9.21. The van der Waals surface area contributed by atoms with Gasteiger partial charge in [-0.05, 0) is 34.5 Å². The maximum atomic E-state index is 5.60. The molecular weight excluding hydrogens is 244 g/mol. The lowest BCUT2D eigenvalue weighted by molar-refractivity contribution is 0.850. The summed E-state index contributed by atoms with van der Waals surface area (Å²) in [6, 6.07) is 3.88. The Morgan fingerprint density at radius 3 is 2.71 bits per heavy atom. The van der Waals surface area contributed by atoms with Crippen molar-refractivity contribution in [1.29, 1.82) is 0 Å². The van der Waals surface area contributed by atoms with Crippen LogP contribution in [0, 0.1) is 6.92 Å². The predicted octanol–water partition coefficient (Wildman–Crippen LogP) is 1.92. The molecule has 0 aromatic carbocycles. The molecule has 72 valence electrons. The lowest BCUT2D eigenvalue weighted by Crippen LogP contribution is -1.98. The van der Waals surface area contributed by atoms with Gasteiger partial charge in [0.25, 0.3) is 0 Å². The molecule has 5 heteroatoms. The molecule has 2 heterocycles. The minimum absolute atomic E-state index is 0.465. The monoisotopic (exact) mass is 252 g/mol. The summed E-state index contributed by atoms with van der Waals surface area (Å²) in [6.07, 6.45) is 3.58. The zero-order chi connectivity index (χ0) is 10.1. The van der Waals surface area contributed by atoms with E-state index in [9.17, 15) is 0 Å². The van der Waals surface area contributed by atoms with Crippen LogP contribution in [0.15, 0.2) is 29.0 Å². The molecule has 2 aromatic heterocycles. The summed E-state index contributed by atoms with van der Waals surface area (Å²) in [4.78, 5) is 4.23. The normalized spacial score (nSPS) is 10.4. The van der Waals surface area contributed by atoms with Crippen LogP contribution in [0.3, 0.4) is 0 Å². The van der Waals surface area contributed by atoms with Crippen LogP contribution in [-0.2, 0) is 0 Å². The van der Waals surface area contributed by atoms with Crippen LogP contribution in [0.1, 0.15) is 5.56 Å². The first-order chi connectivity index (χ1) is 6.66. The molecule has 2 N–H and O–H groups in total. The molecule has 0 saturated heterocycles. The first-order valence-corrected chi connectivity index (χ1v) is 4.90. The summed E-state index contributed by atoms with van der Waals surface area (Å²) >= 11 is 3.29. The molecule has 0 saturated carbocycles. The van der Waals surface area contributed by atoms with Crippen LogP contribution in [0.4, 0.5) is 5.82 Å². The van der Waals surface area contributed by atoms with Gasteiger partial charge >= 0.3 is 0 Å². The first-order valence-electron chi connectivity index (χ1n) is 4.10. The zero-order valence-corrected chi connectivity index (χ0v) is 9.19. The van der Waals surface area contributed by atoms with E-state index in [1.165, 1.54) is 0 Å². The van der Waals surface area contributed by atoms with E-state index in [1.807, 2.05) is 19.1 Å². The molecule has 0 spiro atoms. The summed E-state index contributed by atoms with van der Waals surface area (Å²) in [6.45, 7) is 1.99. The van der Waals surface area contributed by atoms with Crippen molar-refractivity contribution in [3.05, 3.63) is 34.6 Å². The van der Waals surface area contributed by atoms with E-state index in [1.54, 1.807) is 17.1 Å². The number of nitrogens with zero attached hydrogens (tertiary/aromatic N) is 3. The molecule has 0 aliphatic rings. The molecule has 0 bridgehead atoms. The van der Waals surface area contributed by atoms with E-state index in [-0.39, 0.29) is 0 Å². The van der Waals surface area contributed by atoms with E-state index in [2.05, 4.69) is 26.0 Å². The molecule has 0 amide bonds. The molecule has 0 atom stereocenters. The van der Waals surface area contributed by atoms with Gasteiger partial charge in [0, 0.05) is 12.4 Å². The van der Waals surface area contributed by atoms with Crippen LogP contribution in [0.2, 0.25) is 0 Å². The van der Waals surface area contributed by atoms with Gasteiger partial charge in [-0.3, -0.25) is 0 Å². The Balaban J connectivity index is 2.44. The van der Waals surface area contributed by atoms with Gasteiger partial charge in [0.15, 0.2) is 11.6 Å². The number of nitrogens with two attached hydrogens (primary N) is 1. The van der Waals surface area contributed by atoms with Crippen molar-refractivity contribution >= 4 is 21.7 Å². The van der Waals surface area contributed by atoms with Gasteiger partial charge in [0.2, 0.25) is 0 Å². The molecule has 0 fully saturated rings. The largest absolute Gasteiger partial charge is 0.381 e. The zero-order valence-electron chi connectivity index (χ0n) is 7.61. The average Bonchev–Trinajstić information content (AvgIpc) is 2.48. The molecule has 4 nitrogen and oxygen atoms in total. The lowest BCUT2D eigenvalue weighted by Gasteiger charge is -1.99. The van der Waals surface area contributed by atoms with Crippen molar-refractivity contribution in [3.8, 4) is 5.82 Å². The quantitative estimate of drug-likeness (QED) is 0.844. The van der Waals surface area contributed by atoms with Gasteiger partial charge in [-0.1, -0.05) is 6.07 Å². The lowest BCUT2D eigenvalue weighted by atomic mass is 10.3. The highest BCUT2D eigenvalue weighted by molar-refractivity contribution is 9.10. The Bertz CT molecular complexity index is 427. The van der Waals surface area contributed by atoms with Gasteiger partial charge in [0.05, 0.1) is 4.47 Å². The number of hydrogen-bond acceptors (Lipinski definition) is 3. The third kappa shape index (κ3) is 1.63. The van der Waals surface area contributed by atoms with Crippen molar-refractivity contribution in [3.63, 3.8) is 0 Å². The van der Waals surface area contributed by atoms with Gasteiger partial charge in [-0.15, -0.1) is 5.10 Å². The predicted molar refractivity (Wildman–Crippen MR) is 58.2 cm³/mol. The average molecular weight is 253 g/mol. The van der Waals surface area contributed by atoms with Crippen molar-refractivity contribution in [1.82, 2.24) is 14.8 Å². The highest BCUT2D eigenvalue weighted by Crippen LogP contribution is 2.18. The number of hydrogen-bond donors (Lipinski definition) is 1. The number of nitrogen functional groups attached to an aromatic ring is 1. The fourth-order valence-electron chi connectivity index (χ4n) is 1.08. The second-order valence-corrected chi connectivity index (χ2v) is 3.85. The summed E-state index contributed by atoms with van der Waals surface area (Å²) in [7, 11) is 0. The second kappa shape index (κ2) is 3.42. The van der Waals surface area contributed by atoms with Crippen LogP contribution in [-0.4, -0.2) is 14.8 Å². The Morgan fingerprint density at radius 2 is 2.21 bits per heavy atom. The van der Waals surface area contributed by atoms with Crippen LogP contribution >= 0.6 is 15.9 Å². The Hall–Kier alpha value is -1.36. The van der Waals surface area contributed by atoms with Crippen molar-refractivity contribution < 1.29 is 0 Å². The van der Waals surface area contributed by atoms with Gasteiger partial charge in [-0.25, -0.2) is 9.67 Å². The number of anilines is 1. The third-order valence-electron chi connectivity index (χ3n) is 1.83. The molecule has 0 aliphatic heterocycles. The molecule has 0 aliphatic carbocycles. The second-order valence-electron chi connectivity index (χ2n) is 3.00. The number of pyridine rings is 1. The van der Waals surface area contributed by atoms with Gasteiger partial charge in [0.1, 0.15) is 0 Å². The number of halogens is 1. The van der Waals surface area contributed by atoms with Crippen molar-refractivity contribution in [2.75, 3.05) is 5.73 Å². The maximum absolute atomic E-state index is 5.60. The SMILES string of the molecule is Cc1ccc(-n2cc(Br)c(N)n2)nc1. The number of aromatic nitrogens is 3. The summed E-state index contributed by atoms with van der Waals surface area (Å²) in [5, 5.41) is 4.10. The summed E-state index contributed by atoms with van der Waals surface area (Å²) in [5.41, 5.74) is 6.72. The number of aryl methyl sites for hydroxylation is 1. The highest BCUT2D eigenvalue weighted by atomic mass is 79.9. The smallest absolute Gasteiger partial charge is 0.160 e. The molecule has 0 radical (unpaired) electrons. The Labute approximate surface area is 89.9 Å². The molecule has 14 heavy (non-hydrogen) atoms. The fraction of sp³-hybridized carbons (Fsp3) is 0.111. The van der Waals surface area contributed by atoms with E-state index in [0.29, 0.717) is 5.82 Å². The van der Waals surface area contributed by atoms with E-state index >= 15 is 0 Å². The van der Waals surface area contributed by atoms with E-state index < -0.39 is 0 Å². The summed E-state index contributed by atoms with van der Waals surface area (Å²) in [5.74, 6) is 1.22. The highest BCUT2D eigenvalue weighted by Gasteiger charge is 2.04. The Kier molecular flexibility index (Phi) is 2.25. The fourth-order valence-corrected chi connectivity index (χ4v) is 1.35.